The number of pyridine rings is 1. The van der Waals surface area contributed by atoms with Crippen LogP contribution in [0.5, 0.6) is 0 Å². The molecule has 0 aliphatic heterocycles. The average Bonchev–Trinajstić information content (AvgIpc) is 2.16. The summed E-state index contributed by atoms with van der Waals surface area (Å²) >= 11 is 0. The van der Waals surface area contributed by atoms with Crippen LogP contribution in [0.25, 0.3) is 11.0 Å². The molecule has 2 heterocycles. The lowest BCUT2D eigenvalue weighted by atomic mass is 10.3. The standard InChI is InChI=1S/C9H5N3O/c1-2-7-10-5-6-3-4-8(13)12-9(6)11-7/h1,3-5H,(H,10,11,12,13). The molecule has 0 spiro atoms. The number of fused-ring (bicyclic) bond motifs is 1. The van der Waals surface area contributed by atoms with Crippen LogP contribution in [0, 0.1) is 12.3 Å². The van der Waals surface area contributed by atoms with E-state index in [2.05, 4.69) is 20.9 Å². The minimum absolute atomic E-state index is 0.200. The van der Waals surface area contributed by atoms with Crippen LogP contribution in [0.3, 0.4) is 0 Å². The maximum Gasteiger partial charge on any atom is 0.249 e. The van der Waals surface area contributed by atoms with E-state index in [0.717, 1.165) is 5.39 Å². The third-order valence-corrected chi connectivity index (χ3v) is 1.60. The first-order valence-corrected chi connectivity index (χ1v) is 3.62. The van der Waals surface area contributed by atoms with Crippen molar-refractivity contribution in [2.45, 2.75) is 0 Å². The molecule has 0 saturated carbocycles. The molecular weight excluding hydrogens is 166 g/mol. The summed E-state index contributed by atoms with van der Waals surface area (Å²) in [7, 11) is 0. The monoisotopic (exact) mass is 171 g/mol. The summed E-state index contributed by atoms with van der Waals surface area (Å²) < 4.78 is 0. The molecule has 0 aliphatic rings. The summed E-state index contributed by atoms with van der Waals surface area (Å²) in [5, 5.41) is 0.763. The molecule has 4 nitrogen and oxygen atoms in total. The van der Waals surface area contributed by atoms with Crippen LogP contribution in [0.1, 0.15) is 5.82 Å². The lowest BCUT2D eigenvalue weighted by molar-refractivity contribution is 1.13. The van der Waals surface area contributed by atoms with Crippen LogP contribution in [0.4, 0.5) is 0 Å². The highest BCUT2D eigenvalue weighted by molar-refractivity contribution is 5.73. The summed E-state index contributed by atoms with van der Waals surface area (Å²) in [5.41, 5.74) is 0.268. The Morgan fingerprint density at radius 1 is 1.46 bits per heavy atom. The van der Waals surface area contributed by atoms with Gasteiger partial charge >= 0.3 is 0 Å². The summed E-state index contributed by atoms with van der Waals surface area (Å²) in [6.45, 7) is 0. The Hall–Kier alpha value is -2.15. The van der Waals surface area contributed by atoms with E-state index in [1.165, 1.54) is 6.07 Å². The largest absolute Gasteiger partial charge is 0.306 e. The van der Waals surface area contributed by atoms with Gasteiger partial charge in [0.25, 0.3) is 0 Å². The Morgan fingerprint density at radius 3 is 3.08 bits per heavy atom. The van der Waals surface area contributed by atoms with E-state index in [1.54, 1.807) is 12.3 Å². The Morgan fingerprint density at radius 2 is 2.31 bits per heavy atom. The quantitative estimate of drug-likeness (QED) is 0.580. The average molecular weight is 171 g/mol. The number of hydrogen-bond acceptors (Lipinski definition) is 3. The maximum absolute atomic E-state index is 10.9. The van der Waals surface area contributed by atoms with Gasteiger partial charge in [-0.15, -0.1) is 6.42 Å². The van der Waals surface area contributed by atoms with Gasteiger partial charge in [0.1, 0.15) is 5.65 Å². The Balaban J connectivity index is 2.84. The normalized spacial score (nSPS) is 9.77. The number of aromatic nitrogens is 3. The number of rotatable bonds is 0. The molecule has 0 aromatic carbocycles. The molecule has 0 saturated heterocycles. The van der Waals surface area contributed by atoms with Crippen LogP contribution in [-0.4, -0.2) is 15.0 Å². The molecule has 0 fully saturated rings. The Labute approximate surface area is 73.7 Å². The molecule has 2 aromatic heterocycles. The van der Waals surface area contributed by atoms with Crippen molar-refractivity contribution in [3.8, 4) is 12.3 Å². The van der Waals surface area contributed by atoms with Crippen LogP contribution < -0.4 is 5.56 Å². The third kappa shape index (κ3) is 1.27. The van der Waals surface area contributed by atoms with Crippen molar-refractivity contribution >= 4 is 11.0 Å². The van der Waals surface area contributed by atoms with Gasteiger partial charge in [-0.2, -0.15) is 0 Å². The fourth-order valence-electron chi connectivity index (χ4n) is 1.01. The van der Waals surface area contributed by atoms with Crippen molar-refractivity contribution in [3.05, 3.63) is 34.5 Å². The van der Waals surface area contributed by atoms with Crippen molar-refractivity contribution in [1.82, 2.24) is 15.0 Å². The van der Waals surface area contributed by atoms with E-state index in [1.807, 2.05) is 0 Å². The highest BCUT2D eigenvalue weighted by Gasteiger charge is 1.96. The zero-order chi connectivity index (χ0) is 9.26. The topological polar surface area (TPSA) is 58.6 Å². The summed E-state index contributed by atoms with van der Waals surface area (Å²) in [4.78, 5) is 21.3. The van der Waals surface area contributed by atoms with Crippen molar-refractivity contribution < 1.29 is 0 Å². The van der Waals surface area contributed by atoms with Gasteiger partial charge in [0.05, 0.1) is 0 Å². The second kappa shape index (κ2) is 2.72. The summed E-state index contributed by atoms with van der Waals surface area (Å²) in [6, 6.07) is 3.07. The fraction of sp³-hybridized carbons (Fsp3) is 0. The van der Waals surface area contributed by atoms with Crippen molar-refractivity contribution in [1.29, 1.82) is 0 Å². The highest BCUT2D eigenvalue weighted by Crippen LogP contribution is 2.03. The van der Waals surface area contributed by atoms with Crippen LogP contribution in [-0.2, 0) is 0 Å². The molecule has 0 bridgehead atoms. The zero-order valence-corrected chi connectivity index (χ0v) is 6.61. The second-order valence-electron chi connectivity index (χ2n) is 2.46. The minimum atomic E-state index is -0.200. The van der Waals surface area contributed by atoms with E-state index < -0.39 is 0 Å². The number of H-pyrrole nitrogens is 1. The van der Waals surface area contributed by atoms with E-state index in [-0.39, 0.29) is 11.4 Å². The molecule has 0 unspecified atom stereocenters. The molecule has 0 amide bonds. The molecule has 13 heavy (non-hydrogen) atoms. The van der Waals surface area contributed by atoms with E-state index in [0.29, 0.717) is 5.65 Å². The van der Waals surface area contributed by atoms with Crippen LogP contribution in [0.2, 0.25) is 0 Å². The predicted octanol–water partition coefficient (Wildman–Crippen LogP) is 0.299. The minimum Gasteiger partial charge on any atom is -0.306 e. The molecule has 1 N–H and O–H groups in total. The smallest absolute Gasteiger partial charge is 0.249 e. The van der Waals surface area contributed by atoms with Crippen LogP contribution >= 0.6 is 0 Å². The van der Waals surface area contributed by atoms with Crippen molar-refractivity contribution in [2.24, 2.45) is 0 Å². The Bertz CT molecular complexity index is 551. The van der Waals surface area contributed by atoms with Gasteiger partial charge in [-0.05, 0) is 12.0 Å². The van der Waals surface area contributed by atoms with Gasteiger partial charge in [-0.25, -0.2) is 9.97 Å². The maximum atomic E-state index is 10.9. The van der Waals surface area contributed by atoms with Crippen LogP contribution in [0.15, 0.2) is 23.1 Å². The molecule has 62 valence electrons. The number of nitrogens with one attached hydrogen (secondary N) is 1. The third-order valence-electron chi connectivity index (χ3n) is 1.60. The van der Waals surface area contributed by atoms with E-state index in [9.17, 15) is 4.79 Å². The number of terminal acetylenes is 1. The zero-order valence-electron chi connectivity index (χ0n) is 6.61. The highest BCUT2D eigenvalue weighted by atomic mass is 16.1. The molecule has 0 atom stereocenters. The summed E-state index contributed by atoms with van der Waals surface area (Å²) in [6.07, 6.45) is 6.69. The van der Waals surface area contributed by atoms with E-state index in [4.69, 9.17) is 6.42 Å². The molecular formula is C9H5N3O. The van der Waals surface area contributed by atoms with Crippen molar-refractivity contribution in [2.75, 3.05) is 0 Å². The Kier molecular flexibility index (Phi) is 1.57. The fourth-order valence-corrected chi connectivity index (χ4v) is 1.01. The number of hydrogen-bond donors (Lipinski definition) is 1. The van der Waals surface area contributed by atoms with Gasteiger partial charge in [0.15, 0.2) is 0 Å². The SMILES string of the molecule is C#Cc1ncc2ccc(=O)[nH]c2n1. The first-order valence-electron chi connectivity index (χ1n) is 3.62. The molecule has 0 aliphatic carbocycles. The number of aromatic amines is 1. The van der Waals surface area contributed by atoms with Gasteiger partial charge < -0.3 is 4.98 Å². The lowest BCUT2D eigenvalue weighted by Gasteiger charge is -1.94. The van der Waals surface area contributed by atoms with Gasteiger partial charge in [0, 0.05) is 17.6 Å². The molecule has 2 aromatic rings. The van der Waals surface area contributed by atoms with Gasteiger partial charge in [-0.3, -0.25) is 4.79 Å². The van der Waals surface area contributed by atoms with Gasteiger partial charge in [0.2, 0.25) is 11.4 Å². The predicted molar refractivity (Wildman–Crippen MR) is 48.1 cm³/mol. The number of nitrogens with zero attached hydrogens (tertiary/aromatic N) is 2. The van der Waals surface area contributed by atoms with Crippen molar-refractivity contribution in [3.63, 3.8) is 0 Å². The molecule has 0 radical (unpaired) electrons. The van der Waals surface area contributed by atoms with E-state index >= 15 is 0 Å². The first kappa shape index (κ1) is 7.50. The van der Waals surface area contributed by atoms with Gasteiger partial charge in [-0.1, -0.05) is 0 Å². The lowest BCUT2D eigenvalue weighted by Crippen LogP contribution is -2.04. The molecule has 2 rings (SSSR count). The summed E-state index contributed by atoms with van der Waals surface area (Å²) in [5.74, 6) is 2.57. The first-order chi connectivity index (χ1) is 6.29. The molecule has 4 heteroatoms. The second-order valence-corrected chi connectivity index (χ2v) is 2.46.